The van der Waals surface area contributed by atoms with Crippen LogP contribution in [0.25, 0.3) is 11.4 Å². The summed E-state index contributed by atoms with van der Waals surface area (Å²) in [6.45, 7) is 9.97. The molecule has 96 valence electrons. The summed E-state index contributed by atoms with van der Waals surface area (Å²) in [5.74, 6) is 1.28. The first-order valence-electron chi connectivity index (χ1n) is 5.77. The van der Waals surface area contributed by atoms with E-state index in [-0.39, 0.29) is 5.41 Å². The van der Waals surface area contributed by atoms with Crippen molar-refractivity contribution in [3.05, 3.63) is 28.4 Å². The number of halogens is 1. The summed E-state index contributed by atoms with van der Waals surface area (Å²) in [6.07, 6.45) is 0. The SMILES string of the molecule is Cc1noc(C)c1-c1nc(Cl)cc(C(C)(C)C)n1. The lowest BCUT2D eigenvalue weighted by atomic mass is 9.92. The van der Waals surface area contributed by atoms with Crippen LogP contribution >= 0.6 is 11.6 Å². The third-order valence-corrected chi connectivity index (χ3v) is 2.91. The van der Waals surface area contributed by atoms with Crippen molar-refractivity contribution >= 4 is 11.6 Å². The largest absolute Gasteiger partial charge is 0.361 e. The minimum Gasteiger partial charge on any atom is -0.361 e. The van der Waals surface area contributed by atoms with Crippen LogP contribution in [0.1, 0.15) is 37.9 Å². The lowest BCUT2D eigenvalue weighted by Crippen LogP contribution is -2.14. The van der Waals surface area contributed by atoms with E-state index in [1.54, 1.807) is 6.07 Å². The number of aryl methyl sites for hydroxylation is 2. The standard InChI is InChI=1S/C13H16ClN3O/c1-7-11(8(2)18-17-7)12-15-9(13(3,4)5)6-10(14)16-12/h6H,1-5H3. The summed E-state index contributed by atoms with van der Waals surface area (Å²) in [5.41, 5.74) is 2.41. The molecule has 5 heteroatoms. The zero-order chi connectivity index (χ0) is 13.5. The van der Waals surface area contributed by atoms with E-state index >= 15 is 0 Å². The molecule has 0 radical (unpaired) electrons. The second-order valence-corrected chi connectivity index (χ2v) is 5.74. The normalized spacial score (nSPS) is 11.9. The van der Waals surface area contributed by atoms with Crippen LogP contribution in [0.5, 0.6) is 0 Å². The van der Waals surface area contributed by atoms with E-state index in [9.17, 15) is 0 Å². The van der Waals surface area contributed by atoms with Gasteiger partial charge in [-0.3, -0.25) is 0 Å². The predicted octanol–water partition coefficient (Wildman–Crippen LogP) is 3.70. The van der Waals surface area contributed by atoms with E-state index < -0.39 is 0 Å². The van der Waals surface area contributed by atoms with Gasteiger partial charge in [0.25, 0.3) is 0 Å². The summed E-state index contributed by atoms with van der Waals surface area (Å²) >= 11 is 6.08. The van der Waals surface area contributed by atoms with Crippen molar-refractivity contribution in [3.63, 3.8) is 0 Å². The van der Waals surface area contributed by atoms with E-state index in [2.05, 4.69) is 35.9 Å². The maximum Gasteiger partial charge on any atom is 0.166 e. The predicted molar refractivity (Wildman–Crippen MR) is 70.7 cm³/mol. The van der Waals surface area contributed by atoms with Crippen molar-refractivity contribution in [2.75, 3.05) is 0 Å². The van der Waals surface area contributed by atoms with E-state index in [1.165, 1.54) is 0 Å². The first-order valence-corrected chi connectivity index (χ1v) is 6.15. The van der Waals surface area contributed by atoms with Crippen LogP contribution in [0, 0.1) is 13.8 Å². The van der Waals surface area contributed by atoms with Crippen molar-refractivity contribution in [1.82, 2.24) is 15.1 Å². The molecule has 0 bridgehead atoms. The van der Waals surface area contributed by atoms with Crippen molar-refractivity contribution in [1.29, 1.82) is 0 Å². The molecule has 0 fully saturated rings. The molecule has 0 saturated carbocycles. The minimum atomic E-state index is -0.0830. The third-order valence-electron chi connectivity index (χ3n) is 2.72. The van der Waals surface area contributed by atoms with Crippen molar-refractivity contribution in [3.8, 4) is 11.4 Å². The van der Waals surface area contributed by atoms with Gasteiger partial charge in [0, 0.05) is 5.41 Å². The Bertz CT molecular complexity index is 565. The van der Waals surface area contributed by atoms with E-state index in [0.717, 1.165) is 17.0 Å². The molecule has 0 aliphatic carbocycles. The molecule has 0 atom stereocenters. The zero-order valence-electron chi connectivity index (χ0n) is 11.2. The van der Waals surface area contributed by atoms with Crippen LogP contribution in [0.2, 0.25) is 5.15 Å². The van der Waals surface area contributed by atoms with E-state index in [0.29, 0.717) is 16.7 Å². The Kier molecular flexibility index (Phi) is 3.15. The Morgan fingerprint density at radius 2 is 1.83 bits per heavy atom. The highest BCUT2D eigenvalue weighted by atomic mass is 35.5. The molecular formula is C13H16ClN3O. The maximum atomic E-state index is 6.08. The van der Waals surface area contributed by atoms with Gasteiger partial charge >= 0.3 is 0 Å². The molecule has 0 aromatic carbocycles. The first kappa shape index (κ1) is 13.0. The summed E-state index contributed by atoms with van der Waals surface area (Å²) < 4.78 is 5.14. The van der Waals surface area contributed by atoms with Crippen LogP contribution in [-0.4, -0.2) is 15.1 Å². The molecule has 2 aromatic heterocycles. The minimum absolute atomic E-state index is 0.0830. The summed E-state index contributed by atoms with van der Waals surface area (Å²) in [5, 5.41) is 4.35. The Balaban J connectivity index is 2.63. The van der Waals surface area contributed by atoms with Crippen LogP contribution in [0.4, 0.5) is 0 Å². The zero-order valence-corrected chi connectivity index (χ0v) is 12.0. The highest BCUT2D eigenvalue weighted by molar-refractivity contribution is 6.29. The second-order valence-electron chi connectivity index (χ2n) is 5.35. The maximum absolute atomic E-state index is 6.08. The van der Waals surface area contributed by atoms with Crippen LogP contribution < -0.4 is 0 Å². The van der Waals surface area contributed by atoms with Crippen molar-refractivity contribution in [2.45, 2.75) is 40.0 Å². The van der Waals surface area contributed by atoms with Gasteiger partial charge in [0.15, 0.2) is 5.82 Å². The lowest BCUT2D eigenvalue weighted by molar-refractivity contribution is 0.393. The quantitative estimate of drug-likeness (QED) is 0.738. The average Bonchev–Trinajstić information content (AvgIpc) is 2.56. The average molecular weight is 266 g/mol. The molecule has 2 rings (SSSR count). The van der Waals surface area contributed by atoms with Gasteiger partial charge in [-0.25, -0.2) is 9.97 Å². The molecule has 0 unspecified atom stereocenters. The fourth-order valence-corrected chi connectivity index (χ4v) is 1.90. The monoisotopic (exact) mass is 265 g/mol. The first-order chi connectivity index (χ1) is 8.29. The molecule has 0 amide bonds. The fraction of sp³-hybridized carbons (Fsp3) is 0.462. The molecule has 2 aromatic rings. The Morgan fingerprint density at radius 1 is 1.17 bits per heavy atom. The van der Waals surface area contributed by atoms with Crippen LogP contribution in [-0.2, 0) is 5.41 Å². The number of aromatic nitrogens is 3. The number of rotatable bonds is 1. The molecule has 0 N–H and O–H groups in total. The number of nitrogens with zero attached hydrogens (tertiary/aromatic N) is 3. The molecule has 0 spiro atoms. The van der Waals surface area contributed by atoms with Gasteiger partial charge in [0.2, 0.25) is 0 Å². The van der Waals surface area contributed by atoms with Crippen LogP contribution in [0.3, 0.4) is 0 Å². The molecular weight excluding hydrogens is 250 g/mol. The van der Waals surface area contributed by atoms with Gasteiger partial charge in [-0.05, 0) is 19.9 Å². The topological polar surface area (TPSA) is 51.8 Å². The highest BCUT2D eigenvalue weighted by Gasteiger charge is 2.21. The number of hydrogen-bond donors (Lipinski definition) is 0. The van der Waals surface area contributed by atoms with Gasteiger partial charge in [0.05, 0.1) is 17.0 Å². The van der Waals surface area contributed by atoms with Gasteiger partial charge < -0.3 is 4.52 Å². The van der Waals surface area contributed by atoms with Crippen molar-refractivity contribution < 1.29 is 4.52 Å². The summed E-state index contributed by atoms with van der Waals surface area (Å²) in [6, 6.07) is 1.79. The molecule has 0 aliphatic rings. The van der Waals surface area contributed by atoms with Gasteiger partial charge in [-0.1, -0.05) is 37.5 Å². The Labute approximate surface area is 111 Å². The molecule has 0 saturated heterocycles. The Morgan fingerprint density at radius 3 is 2.33 bits per heavy atom. The fourth-order valence-electron chi connectivity index (χ4n) is 1.72. The third kappa shape index (κ3) is 2.38. The molecule has 0 aliphatic heterocycles. The summed E-state index contributed by atoms with van der Waals surface area (Å²) in [7, 11) is 0. The van der Waals surface area contributed by atoms with E-state index in [4.69, 9.17) is 16.1 Å². The smallest absolute Gasteiger partial charge is 0.166 e. The lowest BCUT2D eigenvalue weighted by Gasteiger charge is -2.18. The van der Waals surface area contributed by atoms with Gasteiger partial charge in [-0.15, -0.1) is 0 Å². The number of hydrogen-bond acceptors (Lipinski definition) is 4. The van der Waals surface area contributed by atoms with E-state index in [1.807, 2.05) is 13.8 Å². The van der Waals surface area contributed by atoms with Crippen molar-refractivity contribution in [2.24, 2.45) is 0 Å². The summed E-state index contributed by atoms with van der Waals surface area (Å²) in [4.78, 5) is 8.84. The van der Waals surface area contributed by atoms with Gasteiger partial charge in [-0.2, -0.15) is 0 Å². The highest BCUT2D eigenvalue weighted by Crippen LogP contribution is 2.28. The molecule has 2 heterocycles. The van der Waals surface area contributed by atoms with Gasteiger partial charge in [0.1, 0.15) is 10.9 Å². The Hall–Kier alpha value is -1.42. The molecule has 18 heavy (non-hydrogen) atoms. The van der Waals surface area contributed by atoms with Crippen LogP contribution in [0.15, 0.2) is 10.6 Å². The second kappa shape index (κ2) is 4.35. The molecule has 4 nitrogen and oxygen atoms in total.